The van der Waals surface area contributed by atoms with E-state index in [-0.39, 0.29) is 34.4 Å². The summed E-state index contributed by atoms with van der Waals surface area (Å²) in [4.78, 5) is 0. The van der Waals surface area contributed by atoms with Crippen LogP contribution in [0, 0.1) is 5.92 Å². The lowest BCUT2D eigenvalue weighted by molar-refractivity contribution is 0.300. The second-order valence-electron chi connectivity index (χ2n) is 2.90. The molecule has 1 aliphatic rings. The van der Waals surface area contributed by atoms with Crippen LogP contribution in [0.3, 0.4) is 0 Å². The van der Waals surface area contributed by atoms with Gasteiger partial charge in [-0.05, 0) is 42.9 Å². The maximum Gasteiger partial charge on any atom is 0.119 e. The van der Waals surface area contributed by atoms with Crippen LogP contribution in [-0.2, 0) is 0 Å². The topological polar surface area (TPSA) is 9.23 Å². The zero-order chi connectivity index (χ0) is 11.9. The summed E-state index contributed by atoms with van der Waals surface area (Å²) >= 11 is 3.04. The molecule has 1 fully saturated rings. The van der Waals surface area contributed by atoms with E-state index in [1.54, 1.807) is 0 Å². The highest BCUT2D eigenvalue weighted by atomic mass is 79.9. The molecule has 0 aromatic heterocycles. The molecule has 1 aromatic rings. The van der Waals surface area contributed by atoms with E-state index in [1.165, 1.54) is 0 Å². The lowest BCUT2D eigenvalue weighted by Gasteiger charge is -2.03. The molecular formula is C10H11BrO. The first kappa shape index (κ1) is 4.66. The van der Waals surface area contributed by atoms with Crippen molar-refractivity contribution in [3.8, 4) is 5.75 Å². The standard InChI is InChI=1S/C10H11BrO/c11-9-3-5-10(6-4-9)12-7-8-1-2-8/h3-6,8H,1-2,7H2/i3D,4D,5D,6D. The van der Waals surface area contributed by atoms with Crippen molar-refractivity contribution < 1.29 is 10.2 Å². The molecule has 0 atom stereocenters. The molecule has 0 radical (unpaired) electrons. The minimum Gasteiger partial charge on any atom is -0.493 e. The van der Waals surface area contributed by atoms with Crippen LogP contribution in [0.25, 0.3) is 0 Å². The minimum atomic E-state index is -0.117. The van der Waals surface area contributed by atoms with Gasteiger partial charge in [0.2, 0.25) is 0 Å². The third-order valence-electron chi connectivity index (χ3n) is 1.73. The van der Waals surface area contributed by atoms with Crippen molar-refractivity contribution in [3.05, 3.63) is 28.6 Å². The molecule has 64 valence electrons. The summed E-state index contributed by atoms with van der Waals surface area (Å²) in [6, 6.07) is -0.416. The van der Waals surface area contributed by atoms with Crippen molar-refractivity contribution in [1.29, 1.82) is 0 Å². The quantitative estimate of drug-likeness (QED) is 0.775. The Morgan fingerprint density at radius 3 is 2.67 bits per heavy atom. The number of rotatable bonds is 3. The van der Waals surface area contributed by atoms with Gasteiger partial charge in [0.1, 0.15) is 5.75 Å². The normalized spacial score (nSPS) is 20.8. The van der Waals surface area contributed by atoms with Crippen molar-refractivity contribution >= 4 is 15.9 Å². The van der Waals surface area contributed by atoms with Gasteiger partial charge in [-0.3, -0.25) is 0 Å². The van der Waals surface area contributed by atoms with E-state index in [1.807, 2.05) is 0 Å². The van der Waals surface area contributed by atoms with Crippen LogP contribution in [0.5, 0.6) is 5.75 Å². The van der Waals surface area contributed by atoms with E-state index >= 15 is 0 Å². The fourth-order valence-electron chi connectivity index (χ4n) is 0.844. The molecule has 0 bridgehead atoms. The van der Waals surface area contributed by atoms with E-state index in [0.717, 1.165) is 12.8 Å². The highest BCUT2D eigenvalue weighted by Crippen LogP contribution is 2.29. The van der Waals surface area contributed by atoms with Crippen molar-refractivity contribution in [3.63, 3.8) is 0 Å². The maximum atomic E-state index is 7.69. The molecule has 0 unspecified atom stereocenters. The van der Waals surface area contributed by atoms with E-state index in [0.29, 0.717) is 12.5 Å². The fourth-order valence-corrected chi connectivity index (χ4v) is 1.04. The minimum absolute atomic E-state index is 0.0603. The lowest BCUT2D eigenvalue weighted by atomic mass is 10.3. The summed E-state index contributed by atoms with van der Waals surface area (Å²) in [5.41, 5.74) is 0. The van der Waals surface area contributed by atoms with Gasteiger partial charge in [0.25, 0.3) is 0 Å². The summed E-state index contributed by atoms with van der Waals surface area (Å²) in [6.07, 6.45) is 2.25. The van der Waals surface area contributed by atoms with Gasteiger partial charge in [0.15, 0.2) is 0 Å². The molecule has 0 saturated heterocycles. The number of ether oxygens (including phenoxy) is 1. The average molecular weight is 231 g/mol. The van der Waals surface area contributed by atoms with Gasteiger partial charge in [-0.2, -0.15) is 0 Å². The Morgan fingerprint density at radius 1 is 1.42 bits per heavy atom. The molecule has 0 amide bonds. The second-order valence-corrected chi connectivity index (χ2v) is 3.69. The van der Waals surface area contributed by atoms with Gasteiger partial charge in [0.05, 0.1) is 12.1 Å². The zero-order valence-electron chi connectivity index (χ0n) is 10.5. The molecule has 1 aliphatic carbocycles. The summed E-state index contributed by atoms with van der Waals surface area (Å²) in [6.45, 7) is 0.484. The van der Waals surface area contributed by atoms with Gasteiger partial charge in [-0.1, -0.05) is 15.9 Å². The highest BCUT2D eigenvalue weighted by molar-refractivity contribution is 9.10. The largest absolute Gasteiger partial charge is 0.493 e. The summed E-state index contributed by atoms with van der Waals surface area (Å²) < 4.78 is 36.2. The third kappa shape index (κ3) is 2.24. The number of hydrogen-bond donors (Lipinski definition) is 0. The first-order valence-corrected chi connectivity index (χ1v) is 4.70. The van der Waals surface area contributed by atoms with Crippen LogP contribution in [0.1, 0.15) is 18.3 Å². The van der Waals surface area contributed by atoms with Crippen molar-refractivity contribution in [2.45, 2.75) is 12.8 Å². The molecule has 0 N–H and O–H groups in total. The second kappa shape index (κ2) is 3.48. The lowest BCUT2D eigenvalue weighted by Crippen LogP contribution is -1.98. The Kier molecular flexibility index (Phi) is 1.35. The van der Waals surface area contributed by atoms with Crippen LogP contribution in [0.2, 0.25) is 0 Å². The van der Waals surface area contributed by atoms with Crippen LogP contribution < -0.4 is 4.74 Å². The summed E-state index contributed by atoms with van der Waals surface area (Å²) in [5, 5.41) is 0. The number of benzene rings is 1. The fraction of sp³-hybridized carbons (Fsp3) is 0.400. The predicted octanol–water partition coefficient (Wildman–Crippen LogP) is 3.24. The van der Waals surface area contributed by atoms with E-state index < -0.39 is 0 Å². The van der Waals surface area contributed by atoms with E-state index in [4.69, 9.17) is 10.2 Å². The summed E-state index contributed by atoms with van der Waals surface area (Å²) in [7, 11) is 0. The molecule has 0 heterocycles. The molecular weight excluding hydrogens is 216 g/mol. The molecule has 2 rings (SSSR count). The molecule has 0 aliphatic heterocycles. The van der Waals surface area contributed by atoms with Crippen molar-refractivity contribution in [2.24, 2.45) is 5.92 Å². The molecule has 0 spiro atoms. The van der Waals surface area contributed by atoms with E-state index in [2.05, 4.69) is 15.9 Å². The summed E-state index contributed by atoms with van der Waals surface area (Å²) in [5.74, 6) is 0.580. The van der Waals surface area contributed by atoms with Crippen molar-refractivity contribution in [2.75, 3.05) is 6.61 Å². The molecule has 12 heavy (non-hydrogen) atoms. The molecule has 2 heteroatoms. The zero-order valence-corrected chi connectivity index (χ0v) is 8.07. The molecule has 1 aromatic carbocycles. The average Bonchev–Trinajstić information content (AvgIpc) is 3.07. The Balaban J connectivity index is 2.34. The van der Waals surface area contributed by atoms with Crippen LogP contribution >= 0.6 is 15.9 Å². The van der Waals surface area contributed by atoms with Crippen LogP contribution in [-0.4, -0.2) is 6.61 Å². The van der Waals surface area contributed by atoms with Crippen LogP contribution in [0.4, 0.5) is 0 Å². The predicted molar refractivity (Wildman–Crippen MR) is 52.4 cm³/mol. The number of hydrogen-bond acceptors (Lipinski definition) is 1. The SMILES string of the molecule is [2H]c1c([2H])c(OCC2CC2)c([2H])c([2H])c1Br. The molecule has 1 nitrogen and oxygen atoms in total. The first-order chi connectivity index (χ1) is 7.52. The maximum absolute atomic E-state index is 7.69. The Labute approximate surface area is 86.5 Å². The van der Waals surface area contributed by atoms with Gasteiger partial charge >= 0.3 is 0 Å². The Bertz CT molecular complexity index is 402. The smallest absolute Gasteiger partial charge is 0.119 e. The number of halogens is 1. The first-order valence-electron chi connectivity index (χ1n) is 5.91. The third-order valence-corrected chi connectivity index (χ3v) is 2.13. The van der Waals surface area contributed by atoms with E-state index in [9.17, 15) is 0 Å². The Hall–Kier alpha value is -0.500. The van der Waals surface area contributed by atoms with Gasteiger partial charge in [-0.25, -0.2) is 0 Å². The van der Waals surface area contributed by atoms with Crippen LogP contribution in [0.15, 0.2) is 28.6 Å². The van der Waals surface area contributed by atoms with Gasteiger partial charge in [0, 0.05) is 4.47 Å². The van der Waals surface area contributed by atoms with Crippen molar-refractivity contribution in [1.82, 2.24) is 0 Å². The van der Waals surface area contributed by atoms with Gasteiger partial charge in [-0.15, -0.1) is 0 Å². The van der Waals surface area contributed by atoms with Gasteiger partial charge < -0.3 is 4.74 Å². The monoisotopic (exact) mass is 230 g/mol. The Morgan fingerprint density at radius 2 is 2.08 bits per heavy atom. The highest BCUT2D eigenvalue weighted by Gasteiger charge is 2.21. The molecule has 1 saturated carbocycles.